The van der Waals surface area contributed by atoms with Crippen LogP contribution < -0.4 is 9.47 Å². The molecular weight excluding hydrogens is 318 g/mol. The van der Waals surface area contributed by atoms with Gasteiger partial charge in [-0.2, -0.15) is 5.26 Å². The predicted octanol–water partition coefficient (Wildman–Crippen LogP) is 3.72. The summed E-state index contributed by atoms with van der Waals surface area (Å²) in [5, 5.41) is 8.86. The molecule has 0 aliphatic carbocycles. The maximum absolute atomic E-state index is 11.8. The van der Waals surface area contributed by atoms with Crippen LogP contribution >= 0.6 is 0 Å². The Balaban J connectivity index is 1.90. The Morgan fingerprint density at radius 2 is 2.04 bits per heavy atom. The average molecular weight is 337 g/mol. The molecule has 2 aromatic carbocycles. The molecule has 25 heavy (non-hydrogen) atoms. The minimum atomic E-state index is -0.498. The fourth-order valence-electron chi connectivity index (χ4n) is 2.17. The summed E-state index contributed by atoms with van der Waals surface area (Å²) < 4.78 is 15.9. The third-order valence-corrected chi connectivity index (χ3v) is 3.35. The van der Waals surface area contributed by atoms with E-state index in [4.69, 9.17) is 19.5 Å². The van der Waals surface area contributed by atoms with Gasteiger partial charge in [-0.3, -0.25) is 0 Å². The average Bonchev–Trinajstić information content (AvgIpc) is 2.65. The zero-order valence-corrected chi connectivity index (χ0v) is 14.2. The molecule has 128 valence electrons. The highest BCUT2D eigenvalue weighted by atomic mass is 16.6. The van der Waals surface area contributed by atoms with Gasteiger partial charge in [0.1, 0.15) is 6.61 Å². The van der Waals surface area contributed by atoms with Gasteiger partial charge in [-0.15, -0.1) is 0 Å². The van der Waals surface area contributed by atoms with Crippen molar-refractivity contribution in [3.8, 4) is 17.6 Å². The van der Waals surface area contributed by atoms with E-state index in [-0.39, 0.29) is 13.2 Å². The van der Waals surface area contributed by atoms with Crippen molar-refractivity contribution < 1.29 is 19.0 Å². The molecule has 0 unspecified atom stereocenters. The lowest BCUT2D eigenvalue weighted by Gasteiger charge is -2.11. The van der Waals surface area contributed by atoms with Crippen molar-refractivity contribution in [2.24, 2.45) is 0 Å². The van der Waals surface area contributed by atoms with Crippen LogP contribution in [0, 0.1) is 11.3 Å². The summed E-state index contributed by atoms with van der Waals surface area (Å²) in [5.74, 6) is 0.520. The van der Waals surface area contributed by atoms with E-state index in [0.29, 0.717) is 17.1 Å². The van der Waals surface area contributed by atoms with Crippen LogP contribution in [0.4, 0.5) is 0 Å². The van der Waals surface area contributed by atoms with Crippen molar-refractivity contribution in [2.45, 2.75) is 13.5 Å². The minimum Gasteiger partial charge on any atom is -0.493 e. The molecular formula is C20H19NO4. The highest BCUT2D eigenvalue weighted by Crippen LogP contribution is 2.28. The van der Waals surface area contributed by atoms with Crippen molar-refractivity contribution in [3.05, 3.63) is 65.2 Å². The second-order valence-electron chi connectivity index (χ2n) is 5.17. The van der Waals surface area contributed by atoms with Crippen LogP contribution in [-0.2, 0) is 16.1 Å². The number of ether oxygens (including phenoxy) is 3. The standard InChI is InChI=1S/C20H19NO4/c1-3-5-15-8-9-18(19(11-15)23-2)24-14-20(22)25-13-17-7-4-6-16(10-17)12-21/h3-11H,13-14H2,1-2H3/b5-3+. The number of rotatable bonds is 7. The Labute approximate surface area is 147 Å². The number of carbonyl (C=O) groups excluding carboxylic acids is 1. The lowest BCUT2D eigenvalue weighted by atomic mass is 10.1. The number of methoxy groups -OCH3 is 1. The van der Waals surface area contributed by atoms with Crippen LogP contribution in [0.5, 0.6) is 11.5 Å². The fourth-order valence-corrected chi connectivity index (χ4v) is 2.17. The van der Waals surface area contributed by atoms with Crippen LogP contribution in [0.15, 0.2) is 48.5 Å². The van der Waals surface area contributed by atoms with Gasteiger partial charge in [-0.05, 0) is 42.3 Å². The highest BCUT2D eigenvalue weighted by Gasteiger charge is 2.09. The lowest BCUT2D eigenvalue weighted by Crippen LogP contribution is -2.15. The number of carbonyl (C=O) groups is 1. The van der Waals surface area contributed by atoms with E-state index in [1.165, 1.54) is 0 Å². The molecule has 0 amide bonds. The molecule has 0 bridgehead atoms. The van der Waals surface area contributed by atoms with E-state index < -0.39 is 5.97 Å². The number of nitriles is 1. The summed E-state index contributed by atoms with van der Waals surface area (Å²) in [5.41, 5.74) is 2.25. The van der Waals surface area contributed by atoms with Gasteiger partial charge >= 0.3 is 5.97 Å². The quantitative estimate of drug-likeness (QED) is 0.720. The first-order valence-electron chi connectivity index (χ1n) is 7.74. The molecule has 0 saturated heterocycles. The second-order valence-corrected chi connectivity index (χ2v) is 5.17. The van der Waals surface area contributed by atoms with Crippen LogP contribution in [-0.4, -0.2) is 19.7 Å². The molecule has 0 aliphatic rings. The Morgan fingerprint density at radius 1 is 1.20 bits per heavy atom. The van der Waals surface area contributed by atoms with Crippen LogP contribution in [0.3, 0.4) is 0 Å². The third kappa shape index (κ3) is 5.40. The Morgan fingerprint density at radius 3 is 2.76 bits per heavy atom. The maximum Gasteiger partial charge on any atom is 0.344 e. The number of nitrogens with zero attached hydrogens (tertiary/aromatic N) is 1. The Hall–Kier alpha value is -3.26. The minimum absolute atomic E-state index is 0.0923. The molecule has 2 rings (SSSR count). The first-order valence-corrected chi connectivity index (χ1v) is 7.74. The second kappa shape index (κ2) is 9.14. The Bertz CT molecular complexity index is 806. The van der Waals surface area contributed by atoms with E-state index in [9.17, 15) is 4.79 Å². The third-order valence-electron chi connectivity index (χ3n) is 3.35. The van der Waals surface area contributed by atoms with Crippen molar-refractivity contribution in [2.75, 3.05) is 13.7 Å². The molecule has 0 spiro atoms. The van der Waals surface area contributed by atoms with E-state index >= 15 is 0 Å². The zero-order chi connectivity index (χ0) is 18.1. The van der Waals surface area contributed by atoms with Crippen LogP contribution in [0.1, 0.15) is 23.6 Å². The molecule has 5 heteroatoms. The fraction of sp³-hybridized carbons (Fsp3) is 0.200. The topological polar surface area (TPSA) is 68.5 Å². The van der Waals surface area contributed by atoms with Crippen molar-refractivity contribution in [1.82, 2.24) is 0 Å². The summed E-state index contributed by atoms with van der Waals surface area (Å²) in [4.78, 5) is 11.8. The van der Waals surface area contributed by atoms with Gasteiger partial charge in [0, 0.05) is 0 Å². The van der Waals surface area contributed by atoms with E-state index in [1.807, 2.05) is 37.3 Å². The highest BCUT2D eigenvalue weighted by molar-refractivity contribution is 5.71. The van der Waals surface area contributed by atoms with Gasteiger partial charge in [0.15, 0.2) is 18.1 Å². The van der Waals surface area contributed by atoms with Crippen molar-refractivity contribution >= 4 is 12.0 Å². The zero-order valence-electron chi connectivity index (χ0n) is 14.2. The molecule has 5 nitrogen and oxygen atoms in total. The summed E-state index contributed by atoms with van der Waals surface area (Å²) in [6.45, 7) is 1.80. The SMILES string of the molecule is C/C=C/c1ccc(OCC(=O)OCc2cccc(C#N)c2)c(OC)c1. The number of allylic oxidation sites excluding steroid dienone is 1. The van der Waals surface area contributed by atoms with Crippen molar-refractivity contribution in [1.29, 1.82) is 5.26 Å². The van der Waals surface area contributed by atoms with E-state index in [0.717, 1.165) is 11.1 Å². The smallest absolute Gasteiger partial charge is 0.344 e. The molecule has 2 aromatic rings. The van der Waals surface area contributed by atoms with Crippen LogP contribution in [0.25, 0.3) is 6.08 Å². The summed E-state index contributed by atoms with van der Waals surface area (Å²) in [6.07, 6.45) is 3.86. The van der Waals surface area contributed by atoms with Crippen molar-refractivity contribution in [3.63, 3.8) is 0 Å². The molecule has 0 fully saturated rings. The summed E-state index contributed by atoms with van der Waals surface area (Å²) >= 11 is 0. The van der Waals surface area contributed by atoms with E-state index in [2.05, 4.69) is 0 Å². The van der Waals surface area contributed by atoms with Gasteiger partial charge < -0.3 is 14.2 Å². The number of hydrogen-bond acceptors (Lipinski definition) is 5. The largest absolute Gasteiger partial charge is 0.493 e. The lowest BCUT2D eigenvalue weighted by molar-refractivity contribution is -0.147. The first kappa shape index (κ1) is 18.1. The molecule has 0 aromatic heterocycles. The summed E-state index contributed by atoms with van der Waals surface area (Å²) in [6, 6.07) is 14.4. The molecule has 0 N–H and O–H groups in total. The maximum atomic E-state index is 11.8. The van der Waals surface area contributed by atoms with Gasteiger partial charge in [0.2, 0.25) is 0 Å². The van der Waals surface area contributed by atoms with Gasteiger partial charge in [0.05, 0.1) is 18.7 Å². The molecule has 0 aliphatic heterocycles. The van der Waals surface area contributed by atoms with Gasteiger partial charge in [-0.25, -0.2) is 4.79 Å². The normalized spacial score (nSPS) is 10.3. The van der Waals surface area contributed by atoms with Gasteiger partial charge in [0.25, 0.3) is 0 Å². The number of benzene rings is 2. The molecule has 0 atom stereocenters. The monoisotopic (exact) mass is 337 g/mol. The van der Waals surface area contributed by atoms with Crippen LogP contribution in [0.2, 0.25) is 0 Å². The molecule has 0 saturated carbocycles. The first-order chi connectivity index (χ1) is 12.2. The van der Waals surface area contributed by atoms with Gasteiger partial charge in [-0.1, -0.05) is 30.4 Å². The molecule has 0 radical (unpaired) electrons. The number of hydrogen-bond donors (Lipinski definition) is 0. The predicted molar refractivity (Wildman–Crippen MR) is 94.2 cm³/mol. The summed E-state index contributed by atoms with van der Waals surface area (Å²) in [7, 11) is 1.54. The number of esters is 1. The van der Waals surface area contributed by atoms with E-state index in [1.54, 1.807) is 37.4 Å². The Kier molecular flexibility index (Phi) is 6.61. The molecule has 0 heterocycles.